The molecule has 0 aliphatic heterocycles. The first kappa shape index (κ1) is 23.5. The van der Waals surface area contributed by atoms with Crippen LogP contribution < -0.4 is 10.1 Å². The second-order valence-corrected chi connectivity index (χ2v) is 7.18. The molecule has 0 fully saturated rings. The smallest absolute Gasteiger partial charge is 0.413 e. The Hall–Kier alpha value is -4.13. The van der Waals surface area contributed by atoms with Crippen LogP contribution >= 0.6 is 0 Å². The first-order valence-electron chi connectivity index (χ1n) is 10.5. The Balaban J connectivity index is 1.55. The van der Waals surface area contributed by atoms with Crippen molar-refractivity contribution in [1.82, 2.24) is 5.32 Å². The monoisotopic (exact) mass is 447 g/mol. The van der Waals surface area contributed by atoms with Crippen molar-refractivity contribution in [3.05, 3.63) is 102 Å². The molecule has 0 bridgehead atoms. The molecular weight excluding hydrogens is 422 g/mol. The third-order valence-electron chi connectivity index (χ3n) is 4.63. The van der Waals surface area contributed by atoms with Crippen LogP contribution in [-0.4, -0.2) is 24.1 Å². The Morgan fingerprint density at radius 1 is 0.697 bits per heavy atom. The molecule has 3 aromatic carbocycles. The highest BCUT2D eigenvalue weighted by atomic mass is 16.6. The van der Waals surface area contributed by atoms with Gasteiger partial charge in [-0.1, -0.05) is 78.9 Å². The lowest BCUT2D eigenvalue weighted by Gasteiger charge is -2.17. The predicted octanol–water partition coefficient (Wildman–Crippen LogP) is 4.41. The Morgan fingerprint density at radius 2 is 1.21 bits per heavy atom. The Morgan fingerprint density at radius 3 is 1.79 bits per heavy atom. The van der Waals surface area contributed by atoms with Gasteiger partial charge in [0.05, 0.1) is 0 Å². The van der Waals surface area contributed by atoms with Gasteiger partial charge in [-0.05, 0) is 29.7 Å². The maximum atomic E-state index is 12.7. The van der Waals surface area contributed by atoms with Crippen LogP contribution in [0.2, 0.25) is 0 Å². The highest BCUT2D eigenvalue weighted by Gasteiger charge is 2.25. The molecule has 7 heteroatoms. The molecule has 170 valence electrons. The quantitative estimate of drug-likeness (QED) is 0.463. The van der Waals surface area contributed by atoms with Crippen molar-refractivity contribution in [1.29, 1.82) is 0 Å². The van der Waals surface area contributed by atoms with Gasteiger partial charge in [-0.3, -0.25) is 4.79 Å². The maximum Gasteiger partial charge on any atom is 0.413 e. The molecule has 1 atom stereocenters. The molecule has 3 rings (SSSR count). The Bertz CT molecular complexity index is 1020. The van der Waals surface area contributed by atoms with E-state index < -0.39 is 24.1 Å². The summed E-state index contributed by atoms with van der Waals surface area (Å²) >= 11 is 0. The number of carbonyl (C=O) groups excluding carboxylic acids is 3. The predicted molar refractivity (Wildman–Crippen MR) is 121 cm³/mol. The number of amides is 1. The van der Waals surface area contributed by atoms with Crippen LogP contribution in [0.3, 0.4) is 0 Å². The molecule has 7 nitrogen and oxygen atoms in total. The summed E-state index contributed by atoms with van der Waals surface area (Å²) < 4.78 is 15.8. The van der Waals surface area contributed by atoms with Crippen molar-refractivity contribution in [3.8, 4) is 5.75 Å². The fraction of sp³-hybridized carbons (Fsp3) is 0.192. The first-order chi connectivity index (χ1) is 16.1. The van der Waals surface area contributed by atoms with Gasteiger partial charge >= 0.3 is 18.0 Å². The largest absolute Gasteiger partial charge is 0.461 e. The lowest BCUT2D eigenvalue weighted by molar-refractivity contribution is -0.148. The highest BCUT2D eigenvalue weighted by molar-refractivity contribution is 5.82. The van der Waals surface area contributed by atoms with Gasteiger partial charge in [0, 0.05) is 6.42 Å². The Kier molecular flexibility index (Phi) is 9.03. The fourth-order valence-corrected chi connectivity index (χ4v) is 2.92. The summed E-state index contributed by atoms with van der Waals surface area (Å²) in [6.07, 6.45) is -0.894. The van der Waals surface area contributed by atoms with E-state index in [0.29, 0.717) is 5.75 Å². The van der Waals surface area contributed by atoms with Gasteiger partial charge in [-0.2, -0.15) is 0 Å². The maximum absolute atomic E-state index is 12.7. The second kappa shape index (κ2) is 12.7. The van der Waals surface area contributed by atoms with Crippen molar-refractivity contribution < 1.29 is 28.6 Å². The number of nitrogens with one attached hydrogen (secondary N) is 1. The van der Waals surface area contributed by atoms with Crippen LogP contribution in [-0.2, 0) is 32.3 Å². The van der Waals surface area contributed by atoms with E-state index in [-0.39, 0.29) is 26.1 Å². The van der Waals surface area contributed by atoms with E-state index in [1.54, 1.807) is 30.3 Å². The molecule has 1 amide bonds. The van der Waals surface area contributed by atoms with Crippen molar-refractivity contribution in [2.75, 3.05) is 0 Å². The minimum Gasteiger partial charge on any atom is -0.461 e. The molecule has 0 radical (unpaired) electrons. The topological polar surface area (TPSA) is 90.9 Å². The summed E-state index contributed by atoms with van der Waals surface area (Å²) in [6.45, 7) is 0.177. The van der Waals surface area contributed by atoms with Gasteiger partial charge in [-0.15, -0.1) is 0 Å². The Labute approximate surface area is 192 Å². The number of rotatable bonds is 10. The molecule has 1 unspecified atom stereocenters. The summed E-state index contributed by atoms with van der Waals surface area (Å²) in [5.74, 6) is -0.827. The summed E-state index contributed by atoms with van der Waals surface area (Å²) in [5, 5.41) is 2.49. The van der Waals surface area contributed by atoms with Crippen LogP contribution in [0.4, 0.5) is 4.79 Å². The molecule has 0 heterocycles. The zero-order valence-corrected chi connectivity index (χ0v) is 18.0. The molecule has 3 aromatic rings. The van der Waals surface area contributed by atoms with Gasteiger partial charge in [0.2, 0.25) is 0 Å². The summed E-state index contributed by atoms with van der Waals surface area (Å²) in [4.78, 5) is 37.1. The molecule has 0 aliphatic carbocycles. The summed E-state index contributed by atoms with van der Waals surface area (Å²) in [6, 6.07) is 25.8. The van der Waals surface area contributed by atoms with E-state index >= 15 is 0 Å². The zero-order valence-electron chi connectivity index (χ0n) is 18.0. The van der Waals surface area contributed by atoms with Crippen molar-refractivity contribution >= 4 is 18.0 Å². The summed E-state index contributed by atoms with van der Waals surface area (Å²) in [5.41, 5.74) is 1.66. The van der Waals surface area contributed by atoms with E-state index in [9.17, 15) is 14.4 Å². The van der Waals surface area contributed by atoms with Gasteiger partial charge in [-0.25, -0.2) is 9.59 Å². The fourth-order valence-electron chi connectivity index (χ4n) is 2.92. The average Bonchev–Trinajstić information content (AvgIpc) is 2.85. The SMILES string of the molecule is O=C(CCC(NC(=O)Oc1ccccc1)C(=O)OCc1ccccc1)OCc1ccccc1. The van der Waals surface area contributed by atoms with Gasteiger partial charge < -0.3 is 19.5 Å². The van der Waals surface area contributed by atoms with Crippen molar-refractivity contribution in [2.45, 2.75) is 32.1 Å². The lowest BCUT2D eigenvalue weighted by atomic mass is 10.1. The van der Waals surface area contributed by atoms with E-state index in [1.807, 2.05) is 60.7 Å². The molecule has 0 aromatic heterocycles. The standard InChI is InChI=1S/C26H25NO6/c28-24(31-18-20-10-4-1-5-11-20)17-16-23(25(29)32-19-21-12-6-2-7-13-21)27-26(30)33-22-14-8-3-9-15-22/h1-15,23H,16-19H2,(H,27,30). The van der Waals surface area contributed by atoms with E-state index in [4.69, 9.17) is 14.2 Å². The lowest BCUT2D eigenvalue weighted by Crippen LogP contribution is -2.43. The number of hydrogen-bond acceptors (Lipinski definition) is 6. The number of hydrogen-bond donors (Lipinski definition) is 1. The number of para-hydroxylation sites is 1. The molecule has 0 saturated carbocycles. The average molecular weight is 447 g/mol. The van der Waals surface area contributed by atoms with Gasteiger partial charge in [0.15, 0.2) is 0 Å². The van der Waals surface area contributed by atoms with Crippen LogP contribution in [0, 0.1) is 0 Å². The molecule has 33 heavy (non-hydrogen) atoms. The zero-order chi connectivity index (χ0) is 23.3. The number of esters is 2. The third-order valence-corrected chi connectivity index (χ3v) is 4.63. The van der Waals surface area contributed by atoms with E-state index in [0.717, 1.165) is 11.1 Å². The van der Waals surface area contributed by atoms with Crippen molar-refractivity contribution in [3.63, 3.8) is 0 Å². The third kappa shape index (κ3) is 8.49. The highest BCUT2D eigenvalue weighted by Crippen LogP contribution is 2.11. The minimum absolute atomic E-state index is 0.00509. The normalized spacial score (nSPS) is 11.2. The van der Waals surface area contributed by atoms with Crippen LogP contribution in [0.1, 0.15) is 24.0 Å². The van der Waals surface area contributed by atoms with E-state index in [2.05, 4.69) is 5.32 Å². The number of benzene rings is 3. The van der Waals surface area contributed by atoms with Crippen LogP contribution in [0.5, 0.6) is 5.75 Å². The number of carbonyl (C=O) groups is 3. The second-order valence-electron chi connectivity index (χ2n) is 7.18. The minimum atomic E-state index is -1.07. The molecular formula is C26H25NO6. The van der Waals surface area contributed by atoms with Gasteiger partial charge in [0.25, 0.3) is 0 Å². The number of ether oxygens (including phenoxy) is 3. The first-order valence-corrected chi connectivity index (χ1v) is 10.5. The van der Waals surface area contributed by atoms with E-state index in [1.165, 1.54) is 0 Å². The summed E-state index contributed by atoms with van der Waals surface area (Å²) in [7, 11) is 0. The molecule has 1 N–H and O–H groups in total. The molecule has 0 saturated heterocycles. The molecule has 0 aliphatic rings. The van der Waals surface area contributed by atoms with Crippen LogP contribution in [0.25, 0.3) is 0 Å². The molecule has 0 spiro atoms. The van der Waals surface area contributed by atoms with Gasteiger partial charge in [0.1, 0.15) is 25.0 Å². The van der Waals surface area contributed by atoms with Crippen molar-refractivity contribution in [2.24, 2.45) is 0 Å². The van der Waals surface area contributed by atoms with Crippen LogP contribution in [0.15, 0.2) is 91.0 Å².